The summed E-state index contributed by atoms with van der Waals surface area (Å²) in [4.78, 5) is 6.15. The highest BCUT2D eigenvalue weighted by atomic mass is 35.5. The molecule has 2 rings (SSSR count). The Morgan fingerprint density at radius 1 is 1.20 bits per heavy atom. The number of benzene rings is 1. The molecule has 108 valence electrons. The smallest absolute Gasteiger partial charge is 0.125 e. The Balaban J connectivity index is 2.26. The van der Waals surface area contributed by atoms with Gasteiger partial charge in [-0.05, 0) is 25.5 Å². The Morgan fingerprint density at radius 2 is 2.00 bits per heavy atom. The second-order valence-electron chi connectivity index (χ2n) is 4.80. The summed E-state index contributed by atoms with van der Waals surface area (Å²) < 4.78 is 0. The van der Waals surface area contributed by atoms with Gasteiger partial charge < -0.3 is 5.32 Å². The van der Waals surface area contributed by atoms with Crippen LogP contribution in [0.2, 0.25) is 5.02 Å². The molecule has 0 fully saturated rings. The van der Waals surface area contributed by atoms with E-state index in [1.807, 2.05) is 24.3 Å². The molecule has 0 saturated heterocycles. The van der Waals surface area contributed by atoms with Crippen molar-refractivity contribution in [1.82, 2.24) is 10.3 Å². The molecule has 0 radical (unpaired) electrons. The van der Waals surface area contributed by atoms with Crippen LogP contribution in [0.25, 0.3) is 10.6 Å². The summed E-state index contributed by atoms with van der Waals surface area (Å²) in [6.45, 7) is 6.33. The van der Waals surface area contributed by atoms with Crippen molar-refractivity contribution in [2.45, 2.75) is 39.7 Å². The van der Waals surface area contributed by atoms with Crippen molar-refractivity contribution < 1.29 is 0 Å². The second-order valence-corrected chi connectivity index (χ2v) is 6.29. The molecular weight excluding hydrogens is 288 g/mol. The molecule has 0 atom stereocenters. The van der Waals surface area contributed by atoms with E-state index in [1.54, 1.807) is 11.3 Å². The summed E-state index contributed by atoms with van der Waals surface area (Å²) in [7, 11) is 0. The van der Waals surface area contributed by atoms with E-state index in [4.69, 9.17) is 16.6 Å². The minimum absolute atomic E-state index is 0.775. The molecule has 0 aliphatic carbocycles. The highest BCUT2D eigenvalue weighted by Gasteiger charge is 2.13. The van der Waals surface area contributed by atoms with Crippen molar-refractivity contribution in [3.63, 3.8) is 0 Å². The Bertz CT molecular complexity index is 551. The molecule has 1 heterocycles. The van der Waals surface area contributed by atoms with Gasteiger partial charge in [0.05, 0.1) is 10.7 Å². The van der Waals surface area contributed by atoms with Gasteiger partial charge in [0.25, 0.3) is 0 Å². The predicted molar refractivity (Wildman–Crippen MR) is 88.6 cm³/mol. The average molecular weight is 309 g/mol. The predicted octanol–water partition coefficient (Wildman–Crippen LogP) is 4.92. The third-order valence-corrected chi connectivity index (χ3v) is 4.54. The van der Waals surface area contributed by atoms with Crippen molar-refractivity contribution in [2.24, 2.45) is 0 Å². The first-order valence-corrected chi connectivity index (χ1v) is 8.39. The van der Waals surface area contributed by atoms with E-state index in [9.17, 15) is 0 Å². The number of nitrogens with zero attached hydrogens (tertiary/aromatic N) is 1. The van der Waals surface area contributed by atoms with E-state index in [-0.39, 0.29) is 0 Å². The van der Waals surface area contributed by atoms with Gasteiger partial charge in [-0.15, -0.1) is 11.3 Å². The number of aryl methyl sites for hydroxylation is 1. The zero-order chi connectivity index (χ0) is 14.4. The SMILES string of the molecule is CCCNCc1sc(-c2ccccc2Cl)nc1CCC. The Hall–Kier alpha value is -0.900. The molecule has 0 saturated carbocycles. The van der Waals surface area contributed by atoms with Gasteiger partial charge in [-0.1, -0.05) is 50.1 Å². The molecule has 1 aromatic heterocycles. The van der Waals surface area contributed by atoms with Crippen LogP contribution in [0.5, 0.6) is 0 Å². The zero-order valence-corrected chi connectivity index (χ0v) is 13.7. The van der Waals surface area contributed by atoms with Gasteiger partial charge in [0, 0.05) is 17.0 Å². The minimum Gasteiger partial charge on any atom is -0.312 e. The Kier molecular flexibility index (Phi) is 6.02. The lowest BCUT2D eigenvalue weighted by molar-refractivity contribution is 0.674. The Labute approximate surface area is 130 Å². The van der Waals surface area contributed by atoms with Crippen molar-refractivity contribution >= 4 is 22.9 Å². The standard InChI is InChI=1S/C16H21ClN2S/c1-3-7-14-15(11-18-10-4-2)20-16(19-14)12-8-5-6-9-13(12)17/h5-6,8-9,18H,3-4,7,10-11H2,1-2H3. The van der Waals surface area contributed by atoms with Gasteiger partial charge >= 0.3 is 0 Å². The van der Waals surface area contributed by atoms with E-state index in [0.29, 0.717) is 0 Å². The molecule has 0 amide bonds. The highest BCUT2D eigenvalue weighted by Crippen LogP contribution is 2.33. The molecule has 4 heteroatoms. The molecule has 1 aromatic carbocycles. The van der Waals surface area contributed by atoms with Crippen molar-refractivity contribution in [3.05, 3.63) is 39.9 Å². The van der Waals surface area contributed by atoms with Crippen LogP contribution in [-0.4, -0.2) is 11.5 Å². The van der Waals surface area contributed by atoms with Crippen LogP contribution in [0.3, 0.4) is 0 Å². The molecule has 2 nitrogen and oxygen atoms in total. The second kappa shape index (κ2) is 7.77. The maximum absolute atomic E-state index is 6.28. The van der Waals surface area contributed by atoms with Gasteiger partial charge in [-0.3, -0.25) is 0 Å². The summed E-state index contributed by atoms with van der Waals surface area (Å²) >= 11 is 8.03. The topological polar surface area (TPSA) is 24.9 Å². The van der Waals surface area contributed by atoms with Crippen molar-refractivity contribution in [3.8, 4) is 10.6 Å². The summed E-state index contributed by atoms with van der Waals surface area (Å²) in [6.07, 6.45) is 3.30. The third-order valence-electron chi connectivity index (χ3n) is 3.08. The maximum atomic E-state index is 6.28. The molecule has 20 heavy (non-hydrogen) atoms. The minimum atomic E-state index is 0.775. The van der Waals surface area contributed by atoms with Crippen LogP contribution in [0.15, 0.2) is 24.3 Å². The molecule has 0 spiro atoms. The first-order chi connectivity index (χ1) is 9.76. The summed E-state index contributed by atoms with van der Waals surface area (Å²) in [5.41, 5.74) is 2.26. The van der Waals surface area contributed by atoms with E-state index >= 15 is 0 Å². The first-order valence-electron chi connectivity index (χ1n) is 7.20. The van der Waals surface area contributed by atoms with Crippen molar-refractivity contribution in [1.29, 1.82) is 0 Å². The number of nitrogens with one attached hydrogen (secondary N) is 1. The largest absolute Gasteiger partial charge is 0.312 e. The lowest BCUT2D eigenvalue weighted by Gasteiger charge is -2.02. The fourth-order valence-electron chi connectivity index (χ4n) is 2.08. The van der Waals surface area contributed by atoms with Crippen LogP contribution in [0.1, 0.15) is 37.3 Å². The van der Waals surface area contributed by atoms with Crippen LogP contribution in [0, 0.1) is 0 Å². The van der Waals surface area contributed by atoms with Crippen LogP contribution in [0.4, 0.5) is 0 Å². The highest BCUT2D eigenvalue weighted by molar-refractivity contribution is 7.15. The number of hydrogen-bond donors (Lipinski definition) is 1. The number of aromatic nitrogens is 1. The number of thiazole rings is 1. The Morgan fingerprint density at radius 3 is 2.70 bits per heavy atom. The summed E-state index contributed by atoms with van der Waals surface area (Å²) in [5.74, 6) is 0. The average Bonchev–Trinajstić information content (AvgIpc) is 2.83. The maximum Gasteiger partial charge on any atom is 0.125 e. The quantitative estimate of drug-likeness (QED) is 0.735. The third kappa shape index (κ3) is 3.81. The lowest BCUT2D eigenvalue weighted by atomic mass is 10.2. The van der Waals surface area contributed by atoms with Crippen molar-refractivity contribution in [2.75, 3.05) is 6.54 Å². The molecule has 1 N–H and O–H groups in total. The lowest BCUT2D eigenvalue weighted by Crippen LogP contribution is -2.13. The first kappa shape index (κ1) is 15.5. The van der Waals surface area contributed by atoms with E-state index in [2.05, 4.69) is 19.2 Å². The van der Waals surface area contributed by atoms with Crippen LogP contribution in [-0.2, 0) is 13.0 Å². The van der Waals surface area contributed by atoms with Gasteiger partial charge in [0.15, 0.2) is 0 Å². The van der Waals surface area contributed by atoms with Crippen LogP contribution >= 0.6 is 22.9 Å². The molecular formula is C16H21ClN2S. The van der Waals surface area contributed by atoms with E-state index in [1.165, 1.54) is 10.6 Å². The normalized spacial score (nSPS) is 10.9. The fraction of sp³-hybridized carbons (Fsp3) is 0.438. The zero-order valence-electron chi connectivity index (χ0n) is 12.1. The molecule has 2 aromatic rings. The fourth-order valence-corrected chi connectivity index (χ4v) is 3.48. The van der Waals surface area contributed by atoms with Gasteiger partial charge in [0.1, 0.15) is 5.01 Å². The van der Waals surface area contributed by atoms with Crippen LogP contribution < -0.4 is 5.32 Å². The molecule has 0 unspecified atom stereocenters. The monoisotopic (exact) mass is 308 g/mol. The summed E-state index contributed by atoms with van der Waals surface area (Å²) in [5, 5.41) is 5.28. The molecule has 0 aliphatic heterocycles. The van der Waals surface area contributed by atoms with Gasteiger partial charge in [0.2, 0.25) is 0 Å². The van der Waals surface area contributed by atoms with Gasteiger partial charge in [-0.2, -0.15) is 0 Å². The summed E-state index contributed by atoms with van der Waals surface area (Å²) in [6, 6.07) is 7.93. The number of rotatable bonds is 7. The number of halogens is 1. The number of hydrogen-bond acceptors (Lipinski definition) is 3. The molecule has 0 aliphatic rings. The molecule has 0 bridgehead atoms. The van der Waals surface area contributed by atoms with E-state index in [0.717, 1.165) is 47.9 Å². The van der Waals surface area contributed by atoms with E-state index < -0.39 is 0 Å². The van der Waals surface area contributed by atoms with Gasteiger partial charge in [-0.25, -0.2) is 4.98 Å².